The van der Waals surface area contributed by atoms with Crippen LogP contribution >= 0.6 is 0 Å². The number of nitrogens with one attached hydrogen (secondary N) is 2. The average molecular weight is 417 g/mol. The summed E-state index contributed by atoms with van der Waals surface area (Å²) in [6, 6.07) is 18.5. The maximum atomic E-state index is 12.5. The van der Waals surface area contributed by atoms with Crippen molar-refractivity contribution in [1.29, 1.82) is 0 Å². The number of carbonyl (C=O) groups is 1. The Morgan fingerprint density at radius 3 is 2.52 bits per heavy atom. The highest BCUT2D eigenvalue weighted by atomic mass is 16.2. The van der Waals surface area contributed by atoms with Crippen LogP contribution in [0.5, 0.6) is 0 Å². The zero-order valence-corrected chi connectivity index (χ0v) is 17.8. The van der Waals surface area contributed by atoms with Gasteiger partial charge in [0.1, 0.15) is 0 Å². The molecule has 2 N–H and O–H groups in total. The molecule has 0 spiro atoms. The van der Waals surface area contributed by atoms with E-state index in [1.54, 1.807) is 0 Å². The van der Waals surface area contributed by atoms with E-state index in [2.05, 4.69) is 34.6 Å². The summed E-state index contributed by atoms with van der Waals surface area (Å²) in [4.78, 5) is 26.6. The van der Waals surface area contributed by atoms with Gasteiger partial charge in [-0.05, 0) is 49.1 Å². The SMILES string of the molecule is C[C@]1(CCc2n[nH]c(=O)c3ccccc23)C[C@H](N2C[C@@H](Cc3ccccc3)NC2=O)C1. The molecule has 0 radical (unpaired) electrons. The Kier molecular flexibility index (Phi) is 5.00. The molecule has 2 amide bonds. The third kappa shape index (κ3) is 3.94. The average Bonchev–Trinajstić information content (AvgIpc) is 3.12. The molecule has 2 fully saturated rings. The minimum Gasteiger partial charge on any atom is -0.333 e. The zero-order valence-electron chi connectivity index (χ0n) is 17.8. The van der Waals surface area contributed by atoms with Crippen molar-refractivity contribution in [3.8, 4) is 0 Å². The summed E-state index contributed by atoms with van der Waals surface area (Å²) >= 11 is 0. The normalized spacial score (nSPS) is 25.5. The molecular formula is C25H28N4O2. The highest BCUT2D eigenvalue weighted by molar-refractivity contribution is 5.83. The van der Waals surface area contributed by atoms with Crippen LogP contribution in [0.2, 0.25) is 0 Å². The van der Waals surface area contributed by atoms with Gasteiger partial charge < -0.3 is 10.2 Å². The Morgan fingerprint density at radius 1 is 1.03 bits per heavy atom. The monoisotopic (exact) mass is 416 g/mol. The van der Waals surface area contributed by atoms with Gasteiger partial charge in [0.2, 0.25) is 0 Å². The number of aromatic amines is 1. The summed E-state index contributed by atoms with van der Waals surface area (Å²) in [6.45, 7) is 3.08. The fourth-order valence-electron chi connectivity index (χ4n) is 5.24. The molecule has 3 aromatic rings. The van der Waals surface area contributed by atoms with E-state index in [0.717, 1.165) is 49.7 Å². The fraction of sp³-hybridized carbons (Fsp3) is 0.400. The van der Waals surface area contributed by atoms with Crippen LogP contribution in [0.15, 0.2) is 59.4 Å². The first-order valence-corrected chi connectivity index (χ1v) is 11.1. The molecule has 31 heavy (non-hydrogen) atoms. The van der Waals surface area contributed by atoms with E-state index in [4.69, 9.17) is 0 Å². The van der Waals surface area contributed by atoms with Gasteiger partial charge in [0.15, 0.2) is 0 Å². The van der Waals surface area contributed by atoms with Crippen molar-refractivity contribution in [2.45, 2.75) is 51.1 Å². The first kappa shape index (κ1) is 19.8. The zero-order chi connectivity index (χ0) is 21.4. The van der Waals surface area contributed by atoms with E-state index in [9.17, 15) is 9.59 Å². The quantitative estimate of drug-likeness (QED) is 0.644. The van der Waals surface area contributed by atoms with Crippen molar-refractivity contribution in [2.24, 2.45) is 5.41 Å². The van der Waals surface area contributed by atoms with Crippen molar-refractivity contribution in [3.63, 3.8) is 0 Å². The highest BCUT2D eigenvalue weighted by Gasteiger charge is 2.46. The second kappa shape index (κ2) is 7.84. The molecule has 0 unspecified atom stereocenters. The summed E-state index contributed by atoms with van der Waals surface area (Å²) < 4.78 is 0. The Bertz CT molecular complexity index is 1150. The number of benzene rings is 2. The Morgan fingerprint density at radius 2 is 1.74 bits per heavy atom. The molecular weight excluding hydrogens is 388 g/mol. The molecule has 1 saturated carbocycles. The van der Waals surface area contributed by atoms with Crippen LogP contribution in [-0.4, -0.2) is 39.8 Å². The van der Waals surface area contributed by atoms with Crippen molar-refractivity contribution in [2.75, 3.05) is 6.54 Å². The highest BCUT2D eigenvalue weighted by Crippen LogP contribution is 2.47. The van der Waals surface area contributed by atoms with Crippen molar-refractivity contribution in [1.82, 2.24) is 20.4 Å². The van der Waals surface area contributed by atoms with Gasteiger partial charge in [-0.1, -0.05) is 55.5 Å². The third-order valence-electron chi connectivity index (χ3n) is 6.97. The summed E-state index contributed by atoms with van der Waals surface area (Å²) in [5.74, 6) is 0. The fourth-order valence-corrected chi connectivity index (χ4v) is 5.24. The lowest BCUT2D eigenvalue weighted by molar-refractivity contribution is 0.0355. The number of amides is 2. The molecule has 1 saturated heterocycles. The number of aromatic nitrogens is 2. The molecule has 1 aromatic heterocycles. The van der Waals surface area contributed by atoms with E-state index >= 15 is 0 Å². The van der Waals surface area contributed by atoms with Crippen LogP contribution in [0.4, 0.5) is 4.79 Å². The summed E-state index contributed by atoms with van der Waals surface area (Å²) in [6.07, 6.45) is 4.72. The van der Waals surface area contributed by atoms with Crippen molar-refractivity contribution in [3.05, 3.63) is 76.2 Å². The van der Waals surface area contributed by atoms with E-state index in [0.29, 0.717) is 11.4 Å². The maximum Gasteiger partial charge on any atom is 0.318 e. The molecule has 160 valence electrons. The van der Waals surface area contributed by atoms with E-state index < -0.39 is 0 Å². The lowest BCUT2D eigenvalue weighted by Crippen LogP contribution is -2.51. The van der Waals surface area contributed by atoms with Gasteiger partial charge in [0, 0.05) is 18.0 Å². The van der Waals surface area contributed by atoms with Crippen LogP contribution in [0.25, 0.3) is 10.8 Å². The number of H-pyrrole nitrogens is 1. The van der Waals surface area contributed by atoms with E-state index in [1.807, 2.05) is 47.4 Å². The molecule has 1 atom stereocenters. The van der Waals surface area contributed by atoms with Gasteiger partial charge in [0.25, 0.3) is 5.56 Å². The molecule has 6 heteroatoms. The van der Waals surface area contributed by atoms with Crippen LogP contribution in [0, 0.1) is 5.41 Å². The number of nitrogens with zero attached hydrogens (tertiary/aromatic N) is 2. The Balaban J connectivity index is 1.18. The number of rotatable bonds is 6. The standard InChI is InChI=1S/C25H28N4O2/c1-25(12-11-22-20-9-5-6-10-21(20)23(30)28-27-22)14-19(15-25)29-16-18(26-24(29)31)13-17-7-3-2-4-8-17/h2-10,18-19H,11-16H2,1H3,(H,26,31)(H,28,30)/t18-,19-,25-/m1/s1. The second-order valence-corrected chi connectivity index (χ2v) is 9.41. The molecule has 2 aromatic carbocycles. The van der Waals surface area contributed by atoms with Gasteiger partial charge in [-0.15, -0.1) is 0 Å². The lowest BCUT2D eigenvalue weighted by atomic mass is 9.63. The summed E-state index contributed by atoms with van der Waals surface area (Å²) in [5.41, 5.74) is 2.26. The van der Waals surface area contributed by atoms with Gasteiger partial charge in [0.05, 0.1) is 17.1 Å². The van der Waals surface area contributed by atoms with Gasteiger partial charge in [-0.3, -0.25) is 4.79 Å². The molecule has 6 nitrogen and oxygen atoms in total. The molecule has 2 heterocycles. The maximum absolute atomic E-state index is 12.5. The van der Waals surface area contributed by atoms with Crippen LogP contribution in [0.3, 0.4) is 0 Å². The summed E-state index contributed by atoms with van der Waals surface area (Å²) in [5, 5.41) is 11.7. The molecule has 2 aliphatic rings. The largest absolute Gasteiger partial charge is 0.333 e. The number of fused-ring (bicyclic) bond motifs is 1. The first-order valence-electron chi connectivity index (χ1n) is 11.1. The smallest absolute Gasteiger partial charge is 0.318 e. The molecule has 0 bridgehead atoms. The van der Waals surface area contributed by atoms with E-state index in [1.165, 1.54) is 5.56 Å². The van der Waals surface area contributed by atoms with Crippen LogP contribution in [0.1, 0.15) is 37.4 Å². The lowest BCUT2D eigenvalue weighted by Gasteiger charge is -2.49. The number of hydrogen-bond acceptors (Lipinski definition) is 3. The Hall–Kier alpha value is -3.15. The number of carbonyl (C=O) groups excluding carboxylic acids is 1. The van der Waals surface area contributed by atoms with Gasteiger partial charge in [-0.2, -0.15) is 5.10 Å². The minimum atomic E-state index is -0.139. The topological polar surface area (TPSA) is 78.1 Å². The third-order valence-corrected chi connectivity index (χ3v) is 6.97. The van der Waals surface area contributed by atoms with Gasteiger partial charge in [-0.25, -0.2) is 9.89 Å². The molecule has 1 aliphatic heterocycles. The predicted octanol–water partition coefficient (Wildman–Crippen LogP) is 3.66. The van der Waals surface area contributed by atoms with Crippen molar-refractivity contribution < 1.29 is 4.79 Å². The summed E-state index contributed by atoms with van der Waals surface area (Å²) in [7, 11) is 0. The molecule has 5 rings (SSSR count). The van der Waals surface area contributed by atoms with Crippen LogP contribution < -0.4 is 10.9 Å². The number of urea groups is 1. The number of hydrogen-bond donors (Lipinski definition) is 2. The second-order valence-electron chi connectivity index (χ2n) is 9.41. The van der Waals surface area contributed by atoms with Gasteiger partial charge >= 0.3 is 6.03 Å². The first-order chi connectivity index (χ1) is 15.0. The number of aryl methyl sites for hydroxylation is 1. The van der Waals surface area contributed by atoms with Crippen molar-refractivity contribution >= 4 is 16.8 Å². The predicted molar refractivity (Wildman–Crippen MR) is 121 cm³/mol. The van der Waals surface area contributed by atoms with Crippen LogP contribution in [-0.2, 0) is 12.8 Å². The Labute approximate surface area is 181 Å². The minimum absolute atomic E-state index is 0.0706. The van der Waals surface area contributed by atoms with E-state index in [-0.39, 0.29) is 23.0 Å². The molecule has 1 aliphatic carbocycles.